The Balaban J connectivity index is 2.09. The molecule has 0 aliphatic carbocycles. The molecule has 1 N–H and O–H groups in total. The highest BCUT2D eigenvalue weighted by atomic mass is 35.5. The van der Waals surface area contributed by atoms with Gasteiger partial charge in [-0.05, 0) is 24.6 Å². The van der Waals surface area contributed by atoms with Gasteiger partial charge in [-0.3, -0.25) is 9.36 Å². The van der Waals surface area contributed by atoms with Gasteiger partial charge in [-0.25, -0.2) is 0 Å². The predicted molar refractivity (Wildman–Crippen MR) is 106 cm³/mol. The summed E-state index contributed by atoms with van der Waals surface area (Å²) in [6, 6.07) is 5.20. The van der Waals surface area contributed by atoms with Gasteiger partial charge in [-0.1, -0.05) is 41.0 Å². The third-order valence-electron chi connectivity index (χ3n) is 3.38. The van der Waals surface area contributed by atoms with Gasteiger partial charge in [0.1, 0.15) is 0 Å². The van der Waals surface area contributed by atoms with Gasteiger partial charge in [0.05, 0.1) is 10.8 Å². The summed E-state index contributed by atoms with van der Waals surface area (Å²) in [5.41, 5.74) is 0.723. The van der Waals surface area contributed by atoms with Gasteiger partial charge in [0.25, 0.3) is 0 Å². The molecule has 1 heterocycles. The number of allylic oxidation sites excluding steroid dienone is 1. The number of halogens is 2. The van der Waals surface area contributed by atoms with E-state index in [0.29, 0.717) is 40.7 Å². The van der Waals surface area contributed by atoms with Crippen molar-refractivity contribution >= 4 is 40.9 Å². The summed E-state index contributed by atoms with van der Waals surface area (Å²) in [6.45, 7) is 5.47. The van der Waals surface area contributed by atoms with Crippen LogP contribution in [0.5, 0.6) is 0 Å². The third kappa shape index (κ3) is 5.74. The smallest absolute Gasteiger partial charge is 0.230 e. The van der Waals surface area contributed by atoms with E-state index in [-0.39, 0.29) is 11.7 Å². The number of carbonyl (C=O) groups excluding carboxylic acids is 1. The van der Waals surface area contributed by atoms with Crippen molar-refractivity contribution in [2.75, 3.05) is 26.0 Å². The molecule has 9 heteroatoms. The van der Waals surface area contributed by atoms with Crippen LogP contribution in [0.1, 0.15) is 6.42 Å². The van der Waals surface area contributed by atoms with Crippen LogP contribution in [0.25, 0.3) is 11.4 Å². The highest BCUT2D eigenvalue weighted by Crippen LogP contribution is 2.31. The first-order chi connectivity index (χ1) is 12.6. The maximum atomic E-state index is 11.9. The zero-order chi connectivity index (χ0) is 18.9. The number of thioether (sulfide) groups is 1. The van der Waals surface area contributed by atoms with Crippen LogP contribution in [0.3, 0.4) is 0 Å². The normalized spacial score (nSPS) is 10.7. The first-order valence-corrected chi connectivity index (χ1v) is 9.69. The molecule has 140 valence electrons. The lowest BCUT2D eigenvalue weighted by atomic mass is 10.2. The van der Waals surface area contributed by atoms with Gasteiger partial charge in [-0.2, -0.15) is 0 Å². The van der Waals surface area contributed by atoms with Gasteiger partial charge in [-0.15, -0.1) is 16.8 Å². The van der Waals surface area contributed by atoms with Gasteiger partial charge in [0, 0.05) is 37.4 Å². The largest absolute Gasteiger partial charge is 0.385 e. The van der Waals surface area contributed by atoms with Crippen molar-refractivity contribution in [3.8, 4) is 11.4 Å². The fourth-order valence-corrected chi connectivity index (χ4v) is 3.46. The van der Waals surface area contributed by atoms with E-state index in [1.165, 1.54) is 11.8 Å². The van der Waals surface area contributed by atoms with E-state index in [1.54, 1.807) is 31.4 Å². The number of aromatic nitrogens is 3. The van der Waals surface area contributed by atoms with Crippen LogP contribution in [0, 0.1) is 0 Å². The van der Waals surface area contributed by atoms with E-state index in [0.717, 1.165) is 12.0 Å². The third-order valence-corrected chi connectivity index (χ3v) is 4.89. The summed E-state index contributed by atoms with van der Waals surface area (Å²) in [5, 5.41) is 12.9. The number of nitrogens with one attached hydrogen (secondary N) is 1. The Bertz CT molecular complexity index is 767. The number of methoxy groups -OCH3 is 1. The second-order valence-corrected chi connectivity index (χ2v) is 7.10. The van der Waals surface area contributed by atoms with Gasteiger partial charge >= 0.3 is 0 Å². The molecule has 0 saturated heterocycles. The van der Waals surface area contributed by atoms with Crippen LogP contribution >= 0.6 is 35.0 Å². The number of nitrogens with zero attached hydrogens (tertiary/aromatic N) is 3. The van der Waals surface area contributed by atoms with E-state index in [9.17, 15) is 4.79 Å². The molecule has 0 radical (unpaired) electrons. The predicted octanol–water partition coefficient (Wildman–Crippen LogP) is 3.68. The highest BCUT2D eigenvalue weighted by molar-refractivity contribution is 7.99. The average molecular weight is 415 g/mol. The van der Waals surface area contributed by atoms with Crippen LogP contribution in [0.4, 0.5) is 0 Å². The zero-order valence-electron chi connectivity index (χ0n) is 14.4. The average Bonchev–Trinajstić information content (AvgIpc) is 3.00. The SMILES string of the molecule is C=CCn1c(SCC(=O)NCCCOC)nnc1-c1ccc(Cl)cc1Cl. The van der Waals surface area contributed by atoms with Gasteiger partial charge < -0.3 is 10.1 Å². The fraction of sp³-hybridized carbons (Fsp3) is 0.353. The second kappa shape index (κ2) is 10.6. The van der Waals surface area contributed by atoms with E-state index < -0.39 is 0 Å². The number of carbonyl (C=O) groups is 1. The van der Waals surface area contributed by atoms with Crippen molar-refractivity contribution in [1.82, 2.24) is 20.1 Å². The molecule has 0 bridgehead atoms. The minimum absolute atomic E-state index is 0.0645. The van der Waals surface area contributed by atoms with E-state index in [4.69, 9.17) is 27.9 Å². The van der Waals surface area contributed by atoms with E-state index in [1.807, 2.05) is 4.57 Å². The summed E-state index contributed by atoms with van der Waals surface area (Å²) in [4.78, 5) is 11.9. The number of hydrogen-bond acceptors (Lipinski definition) is 5. The van der Waals surface area contributed by atoms with Crippen molar-refractivity contribution in [3.63, 3.8) is 0 Å². The minimum atomic E-state index is -0.0645. The Hall–Kier alpha value is -1.54. The Kier molecular flexibility index (Phi) is 8.44. The number of rotatable bonds is 10. The van der Waals surface area contributed by atoms with Crippen molar-refractivity contribution < 1.29 is 9.53 Å². The quantitative estimate of drug-likeness (QED) is 0.364. The lowest BCUT2D eigenvalue weighted by Crippen LogP contribution is -2.27. The maximum Gasteiger partial charge on any atom is 0.230 e. The van der Waals surface area contributed by atoms with Crippen LogP contribution in [0.2, 0.25) is 10.0 Å². The number of benzene rings is 1. The van der Waals surface area contributed by atoms with E-state index in [2.05, 4.69) is 22.1 Å². The molecule has 1 aromatic heterocycles. The summed E-state index contributed by atoms with van der Waals surface area (Å²) in [6.07, 6.45) is 2.52. The molecule has 0 aliphatic rings. The van der Waals surface area contributed by atoms with Gasteiger partial charge in [0.2, 0.25) is 5.91 Å². The van der Waals surface area contributed by atoms with Crippen LogP contribution in [-0.4, -0.2) is 46.7 Å². The monoisotopic (exact) mass is 414 g/mol. The zero-order valence-corrected chi connectivity index (χ0v) is 16.7. The lowest BCUT2D eigenvalue weighted by Gasteiger charge is -2.09. The van der Waals surface area contributed by atoms with Crippen molar-refractivity contribution in [2.24, 2.45) is 0 Å². The molecule has 0 aliphatic heterocycles. The fourth-order valence-electron chi connectivity index (χ4n) is 2.18. The summed E-state index contributed by atoms with van der Waals surface area (Å²) < 4.78 is 6.82. The Morgan fingerprint density at radius 1 is 1.42 bits per heavy atom. The van der Waals surface area contributed by atoms with Crippen LogP contribution in [0.15, 0.2) is 36.0 Å². The molecule has 2 aromatic rings. The lowest BCUT2D eigenvalue weighted by molar-refractivity contribution is -0.118. The molecular formula is C17H20Cl2N4O2S. The van der Waals surface area contributed by atoms with Crippen molar-refractivity contribution in [1.29, 1.82) is 0 Å². The second-order valence-electron chi connectivity index (χ2n) is 5.31. The Morgan fingerprint density at radius 2 is 2.23 bits per heavy atom. The number of amides is 1. The molecule has 0 fully saturated rings. The molecule has 2 rings (SSSR count). The first-order valence-electron chi connectivity index (χ1n) is 7.94. The standard InChI is InChI=1S/C17H20Cl2N4O2S/c1-3-8-23-16(13-6-5-12(18)10-14(13)19)21-22-17(23)26-11-15(24)20-7-4-9-25-2/h3,5-6,10H,1,4,7-9,11H2,2H3,(H,20,24). The van der Waals surface area contributed by atoms with Crippen LogP contribution < -0.4 is 5.32 Å². The molecule has 26 heavy (non-hydrogen) atoms. The van der Waals surface area contributed by atoms with Crippen molar-refractivity contribution in [2.45, 2.75) is 18.1 Å². The molecule has 0 atom stereocenters. The highest BCUT2D eigenvalue weighted by Gasteiger charge is 2.17. The van der Waals surface area contributed by atoms with Gasteiger partial charge in [0.15, 0.2) is 11.0 Å². The molecular weight excluding hydrogens is 395 g/mol. The molecule has 1 aromatic carbocycles. The minimum Gasteiger partial charge on any atom is -0.385 e. The maximum absolute atomic E-state index is 11.9. The molecule has 0 spiro atoms. The molecule has 0 saturated carbocycles. The summed E-state index contributed by atoms with van der Waals surface area (Å²) in [5.74, 6) is 0.788. The summed E-state index contributed by atoms with van der Waals surface area (Å²) in [7, 11) is 1.63. The topological polar surface area (TPSA) is 69.0 Å². The van der Waals surface area contributed by atoms with Crippen molar-refractivity contribution in [3.05, 3.63) is 40.9 Å². The number of hydrogen-bond donors (Lipinski definition) is 1. The number of ether oxygens (including phenoxy) is 1. The Labute approximate surface area is 166 Å². The van der Waals surface area contributed by atoms with Crippen LogP contribution in [-0.2, 0) is 16.1 Å². The first kappa shape index (κ1) is 20.8. The Morgan fingerprint density at radius 3 is 2.92 bits per heavy atom. The molecule has 0 unspecified atom stereocenters. The molecule has 6 nitrogen and oxygen atoms in total. The van der Waals surface area contributed by atoms with E-state index >= 15 is 0 Å². The summed E-state index contributed by atoms with van der Waals surface area (Å²) >= 11 is 13.6. The molecule has 1 amide bonds.